The minimum absolute atomic E-state index is 0.0464. The Bertz CT molecular complexity index is 794. The molecular weight excluding hydrogens is 394 g/mol. The Morgan fingerprint density at radius 2 is 1.90 bits per heavy atom. The van der Waals surface area contributed by atoms with Crippen LogP contribution in [0.3, 0.4) is 0 Å². The number of nitrogens with one attached hydrogen (secondary N) is 1. The molecule has 1 saturated heterocycles. The smallest absolute Gasteiger partial charge is 0.230 e. The molecule has 2 atom stereocenters. The number of piperidine rings is 1. The molecule has 1 N–H and O–H groups in total. The monoisotopic (exact) mass is 429 g/mol. The van der Waals surface area contributed by atoms with Gasteiger partial charge in [0.25, 0.3) is 0 Å². The number of aromatic nitrogens is 3. The zero-order chi connectivity index (χ0) is 21.5. The number of nitrogens with zero attached hydrogens (tertiary/aromatic N) is 4. The summed E-state index contributed by atoms with van der Waals surface area (Å²) < 4.78 is 1.93. The summed E-state index contributed by atoms with van der Waals surface area (Å²) >= 11 is 1.42. The van der Waals surface area contributed by atoms with Crippen LogP contribution in [0, 0.1) is 11.8 Å². The van der Waals surface area contributed by atoms with E-state index in [9.17, 15) is 4.79 Å². The Balaban J connectivity index is 1.41. The molecule has 2 heterocycles. The minimum Gasteiger partial charge on any atom is -0.355 e. The number of hydrogen-bond acceptors (Lipinski definition) is 5. The van der Waals surface area contributed by atoms with Crippen LogP contribution in [0.25, 0.3) is 5.69 Å². The third-order valence-corrected chi connectivity index (χ3v) is 6.55. The lowest BCUT2D eigenvalue weighted by Gasteiger charge is -2.34. The van der Waals surface area contributed by atoms with Crippen LogP contribution in [0.1, 0.15) is 52.0 Å². The maximum Gasteiger partial charge on any atom is 0.230 e. The summed E-state index contributed by atoms with van der Waals surface area (Å²) in [6, 6.07) is 8.41. The van der Waals surface area contributed by atoms with Gasteiger partial charge in [-0.1, -0.05) is 51.6 Å². The van der Waals surface area contributed by atoms with Crippen molar-refractivity contribution in [2.24, 2.45) is 11.8 Å². The lowest BCUT2D eigenvalue weighted by molar-refractivity contribution is -0.118. The van der Waals surface area contributed by atoms with E-state index in [1.807, 2.05) is 4.57 Å². The number of benzene rings is 1. The first-order valence-electron chi connectivity index (χ1n) is 11.0. The molecule has 6 nitrogen and oxygen atoms in total. The average Bonchev–Trinajstić information content (AvgIpc) is 3.17. The quantitative estimate of drug-likeness (QED) is 0.483. The highest BCUT2D eigenvalue weighted by atomic mass is 32.2. The van der Waals surface area contributed by atoms with Gasteiger partial charge < -0.3 is 10.2 Å². The van der Waals surface area contributed by atoms with Crippen molar-refractivity contribution in [2.45, 2.75) is 51.6 Å². The summed E-state index contributed by atoms with van der Waals surface area (Å²) in [4.78, 5) is 14.8. The molecule has 0 bridgehead atoms. The first-order valence-corrected chi connectivity index (χ1v) is 12.0. The second-order valence-corrected chi connectivity index (χ2v) is 9.87. The van der Waals surface area contributed by atoms with Gasteiger partial charge in [-0.15, -0.1) is 10.2 Å². The second kappa shape index (κ2) is 11.0. The van der Waals surface area contributed by atoms with E-state index in [4.69, 9.17) is 0 Å². The number of rotatable bonds is 9. The van der Waals surface area contributed by atoms with Crippen LogP contribution in [0.15, 0.2) is 35.7 Å². The van der Waals surface area contributed by atoms with Gasteiger partial charge >= 0.3 is 0 Å². The molecule has 1 aliphatic heterocycles. The highest BCUT2D eigenvalue weighted by Crippen LogP contribution is 2.22. The van der Waals surface area contributed by atoms with Crippen LogP contribution >= 0.6 is 11.8 Å². The lowest BCUT2D eigenvalue weighted by Crippen LogP contribution is -2.40. The number of likely N-dealkylation sites (tertiary alicyclic amines) is 1. The molecule has 0 radical (unpaired) electrons. The Hall–Kier alpha value is -1.86. The fourth-order valence-corrected chi connectivity index (χ4v) is 4.96. The Morgan fingerprint density at radius 3 is 2.57 bits per heavy atom. The van der Waals surface area contributed by atoms with Gasteiger partial charge in [-0.25, -0.2) is 0 Å². The van der Waals surface area contributed by atoms with Gasteiger partial charge in [0.15, 0.2) is 5.16 Å². The molecule has 1 aromatic carbocycles. The van der Waals surface area contributed by atoms with E-state index < -0.39 is 0 Å². The first-order chi connectivity index (χ1) is 14.4. The Kier molecular flexibility index (Phi) is 8.33. The van der Waals surface area contributed by atoms with E-state index in [-0.39, 0.29) is 5.91 Å². The third-order valence-electron chi connectivity index (χ3n) is 5.60. The highest BCUT2D eigenvalue weighted by molar-refractivity contribution is 7.99. The molecule has 30 heavy (non-hydrogen) atoms. The van der Waals surface area contributed by atoms with Crippen LogP contribution < -0.4 is 5.32 Å². The summed E-state index contributed by atoms with van der Waals surface area (Å²) in [6.07, 6.45) is 4.02. The van der Waals surface area contributed by atoms with E-state index in [0.717, 1.165) is 42.2 Å². The molecule has 3 rings (SSSR count). The van der Waals surface area contributed by atoms with Gasteiger partial charge in [0, 0.05) is 25.3 Å². The van der Waals surface area contributed by atoms with Gasteiger partial charge in [0.2, 0.25) is 5.91 Å². The fraction of sp³-hybridized carbons (Fsp3) is 0.609. The van der Waals surface area contributed by atoms with E-state index in [0.29, 0.717) is 11.7 Å². The van der Waals surface area contributed by atoms with Gasteiger partial charge in [-0.2, -0.15) is 0 Å². The van der Waals surface area contributed by atoms with Gasteiger partial charge in [-0.05, 0) is 54.8 Å². The number of hydrogen-bond donors (Lipinski definition) is 1. The topological polar surface area (TPSA) is 63.1 Å². The SMILES string of the molecule is CC1CC(C)CN(CCCNC(=O)CSc2nncn2-c2ccc(C(C)C)cc2)C1. The molecule has 7 heteroatoms. The molecule has 1 fully saturated rings. The number of carbonyl (C=O) groups excluding carboxylic acids is 1. The van der Waals surface area contributed by atoms with Crippen LogP contribution in [0.4, 0.5) is 0 Å². The van der Waals surface area contributed by atoms with Gasteiger partial charge in [0.05, 0.1) is 5.75 Å². The van der Waals surface area contributed by atoms with Crippen molar-refractivity contribution in [3.63, 3.8) is 0 Å². The maximum atomic E-state index is 12.3. The maximum absolute atomic E-state index is 12.3. The van der Waals surface area contributed by atoms with Gasteiger partial charge in [0.1, 0.15) is 6.33 Å². The Morgan fingerprint density at radius 1 is 1.20 bits per heavy atom. The third kappa shape index (κ3) is 6.57. The molecule has 0 aliphatic carbocycles. The number of thioether (sulfide) groups is 1. The standard InChI is InChI=1S/C23H35N5OS/c1-17(2)20-6-8-21(9-7-20)28-16-25-26-23(28)30-15-22(29)24-10-5-11-27-13-18(3)12-19(4)14-27/h6-9,16-19H,5,10-15H2,1-4H3,(H,24,29). The Labute approximate surface area is 184 Å². The predicted molar refractivity (Wildman–Crippen MR) is 123 cm³/mol. The van der Waals surface area contributed by atoms with Crippen LogP contribution in [0.5, 0.6) is 0 Å². The summed E-state index contributed by atoms with van der Waals surface area (Å²) in [5.74, 6) is 2.45. The number of carbonyl (C=O) groups is 1. The molecule has 1 aliphatic rings. The minimum atomic E-state index is 0.0464. The van der Waals surface area contributed by atoms with Crippen molar-refractivity contribution in [1.82, 2.24) is 25.0 Å². The van der Waals surface area contributed by atoms with Gasteiger partial charge in [-0.3, -0.25) is 9.36 Å². The number of amides is 1. The average molecular weight is 430 g/mol. The van der Waals surface area contributed by atoms with Crippen LogP contribution in [-0.4, -0.2) is 57.5 Å². The van der Waals surface area contributed by atoms with E-state index >= 15 is 0 Å². The van der Waals surface area contributed by atoms with E-state index in [1.54, 1.807) is 6.33 Å². The zero-order valence-corrected chi connectivity index (χ0v) is 19.5. The van der Waals surface area contributed by atoms with Crippen LogP contribution in [-0.2, 0) is 4.79 Å². The normalized spacial score (nSPS) is 19.9. The predicted octanol–water partition coefficient (Wildman–Crippen LogP) is 3.97. The van der Waals surface area contributed by atoms with Crippen molar-refractivity contribution >= 4 is 17.7 Å². The van der Waals surface area contributed by atoms with Crippen molar-refractivity contribution < 1.29 is 4.79 Å². The molecule has 2 aromatic rings. The zero-order valence-electron chi connectivity index (χ0n) is 18.7. The van der Waals surface area contributed by atoms with Crippen LogP contribution in [0.2, 0.25) is 0 Å². The molecule has 1 amide bonds. The largest absolute Gasteiger partial charge is 0.355 e. The van der Waals surface area contributed by atoms with E-state index in [1.165, 1.54) is 36.8 Å². The van der Waals surface area contributed by atoms with E-state index in [2.05, 4.69) is 72.4 Å². The summed E-state index contributed by atoms with van der Waals surface area (Å²) in [7, 11) is 0. The van der Waals surface area contributed by atoms with Crippen molar-refractivity contribution in [3.05, 3.63) is 36.2 Å². The summed E-state index contributed by atoms with van der Waals surface area (Å²) in [6.45, 7) is 13.2. The molecule has 0 spiro atoms. The highest BCUT2D eigenvalue weighted by Gasteiger charge is 2.21. The van der Waals surface area contributed by atoms with Crippen molar-refractivity contribution in [2.75, 3.05) is 31.9 Å². The first kappa shape index (κ1) is 22.8. The van der Waals surface area contributed by atoms with Crippen molar-refractivity contribution in [1.29, 1.82) is 0 Å². The molecule has 164 valence electrons. The molecule has 1 aromatic heterocycles. The molecule has 0 saturated carbocycles. The second-order valence-electron chi connectivity index (χ2n) is 8.93. The molecule has 2 unspecified atom stereocenters. The lowest BCUT2D eigenvalue weighted by atomic mass is 9.92. The summed E-state index contributed by atoms with van der Waals surface area (Å²) in [5.41, 5.74) is 2.31. The summed E-state index contributed by atoms with van der Waals surface area (Å²) in [5, 5.41) is 12.0. The molecular formula is C23H35N5OS. The van der Waals surface area contributed by atoms with Crippen molar-refractivity contribution in [3.8, 4) is 5.69 Å². The fourth-order valence-electron chi connectivity index (χ4n) is 4.21.